The second kappa shape index (κ2) is 8.54. The Balaban J connectivity index is 1.65. The van der Waals surface area contributed by atoms with Crippen LogP contribution in [0.2, 0.25) is 0 Å². The number of benzene rings is 2. The number of ether oxygens (including phenoxy) is 2. The number of thioether (sulfide) groups is 1. The van der Waals surface area contributed by atoms with E-state index in [4.69, 9.17) is 13.9 Å². The summed E-state index contributed by atoms with van der Waals surface area (Å²) in [5.74, 6) is 0.526. The first-order valence-corrected chi connectivity index (χ1v) is 8.82. The summed E-state index contributed by atoms with van der Waals surface area (Å²) in [4.78, 5) is 12.0. The molecule has 3 rings (SSSR count). The smallest absolute Gasteiger partial charge is 0.277 e. The summed E-state index contributed by atoms with van der Waals surface area (Å²) >= 11 is 1.05. The third kappa shape index (κ3) is 4.56. The Morgan fingerprint density at radius 2 is 2.00 bits per heavy atom. The van der Waals surface area contributed by atoms with Crippen molar-refractivity contribution in [1.82, 2.24) is 10.2 Å². The third-order valence-corrected chi connectivity index (χ3v) is 4.34. The lowest BCUT2D eigenvalue weighted by Gasteiger charge is -2.07. The standard InChI is InChI=1S/C18H16FN3O4S/c1-24-11-7-8-12(15(9-11)25-2)17-21-22-18(26-17)27-10-16(23)20-14-6-4-3-5-13(14)19/h3-9H,10H2,1-2H3,(H,20,23). The minimum atomic E-state index is -0.498. The number of rotatable bonds is 7. The normalized spacial score (nSPS) is 10.5. The Labute approximate surface area is 158 Å². The predicted octanol–water partition coefficient (Wildman–Crippen LogP) is 3.62. The summed E-state index contributed by atoms with van der Waals surface area (Å²) in [7, 11) is 3.08. The Hall–Kier alpha value is -3.07. The van der Waals surface area contributed by atoms with Gasteiger partial charge in [0.1, 0.15) is 17.3 Å². The number of anilines is 1. The van der Waals surface area contributed by atoms with Gasteiger partial charge in [-0.15, -0.1) is 10.2 Å². The van der Waals surface area contributed by atoms with Crippen molar-refractivity contribution in [3.63, 3.8) is 0 Å². The van der Waals surface area contributed by atoms with E-state index < -0.39 is 5.82 Å². The lowest BCUT2D eigenvalue weighted by molar-refractivity contribution is -0.113. The minimum Gasteiger partial charge on any atom is -0.497 e. The number of carbonyl (C=O) groups excluding carboxylic acids is 1. The molecule has 0 saturated heterocycles. The number of hydrogen-bond acceptors (Lipinski definition) is 7. The molecule has 3 aromatic rings. The third-order valence-electron chi connectivity index (χ3n) is 3.52. The zero-order chi connectivity index (χ0) is 19.2. The molecular weight excluding hydrogens is 373 g/mol. The zero-order valence-corrected chi connectivity index (χ0v) is 15.4. The van der Waals surface area contributed by atoms with Gasteiger partial charge in [0.05, 0.1) is 31.2 Å². The van der Waals surface area contributed by atoms with Crippen LogP contribution in [0.1, 0.15) is 0 Å². The highest BCUT2D eigenvalue weighted by atomic mass is 32.2. The van der Waals surface area contributed by atoms with Gasteiger partial charge in [0.2, 0.25) is 5.91 Å². The molecule has 1 heterocycles. The number of aromatic nitrogens is 2. The van der Waals surface area contributed by atoms with E-state index in [1.807, 2.05) is 0 Å². The van der Waals surface area contributed by atoms with Gasteiger partial charge in [-0.1, -0.05) is 23.9 Å². The van der Waals surface area contributed by atoms with Crippen molar-refractivity contribution in [3.8, 4) is 23.0 Å². The van der Waals surface area contributed by atoms with Crippen LogP contribution >= 0.6 is 11.8 Å². The van der Waals surface area contributed by atoms with Crippen LogP contribution in [-0.4, -0.2) is 36.1 Å². The van der Waals surface area contributed by atoms with Crippen LogP contribution in [0.4, 0.5) is 10.1 Å². The molecule has 7 nitrogen and oxygen atoms in total. The number of nitrogens with zero attached hydrogens (tertiary/aromatic N) is 2. The predicted molar refractivity (Wildman–Crippen MR) is 98.6 cm³/mol. The molecule has 2 aromatic carbocycles. The van der Waals surface area contributed by atoms with Crippen LogP contribution in [-0.2, 0) is 4.79 Å². The first kappa shape index (κ1) is 18.7. The van der Waals surface area contributed by atoms with Crippen LogP contribution in [0, 0.1) is 5.82 Å². The molecule has 1 aromatic heterocycles. The van der Waals surface area contributed by atoms with Crippen molar-refractivity contribution in [2.45, 2.75) is 5.22 Å². The van der Waals surface area contributed by atoms with Gasteiger partial charge in [0, 0.05) is 6.07 Å². The van der Waals surface area contributed by atoms with Gasteiger partial charge in [0.25, 0.3) is 11.1 Å². The average Bonchev–Trinajstić information content (AvgIpc) is 3.16. The summed E-state index contributed by atoms with van der Waals surface area (Å²) in [5, 5.41) is 10.6. The molecule has 140 valence electrons. The van der Waals surface area contributed by atoms with Gasteiger partial charge in [-0.2, -0.15) is 0 Å². The van der Waals surface area contributed by atoms with Crippen LogP contribution < -0.4 is 14.8 Å². The number of hydrogen-bond donors (Lipinski definition) is 1. The molecular formula is C18H16FN3O4S. The fraction of sp³-hybridized carbons (Fsp3) is 0.167. The molecule has 27 heavy (non-hydrogen) atoms. The number of nitrogens with one attached hydrogen (secondary N) is 1. The molecule has 0 radical (unpaired) electrons. The Morgan fingerprint density at radius 3 is 2.74 bits per heavy atom. The monoisotopic (exact) mass is 389 g/mol. The van der Waals surface area contributed by atoms with Crippen LogP contribution in [0.15, 0.2) is 52.1 Å². The number of para-hydroxylation sites is 1. The minimum absolute atomic E-state index is 0.00425. The van der Waals surface area contributed by atoms with E-state index in [0.29, 0.717) is 17.1 Å². The number of amides is 1. The molecule has 0 aliphatic rings. The molecule has 0 fully saturated rings. The van der Waals surface area contributed by atoms with Gasteiger partial charge in [-0.25, -0.2) is 4.39 Å². The molecule has 0 spiro atoms. The topological polar surface area (TPSA) is 86.5 Å². The molecule has 0 bridgehead atoms. The molecule has 9 heteroatoms. The SMILES string of the molecule is COc1ccc(-c2nnc(SCC(=O)Nc3ccccc3F)o2)c(OC)c1. The first-order chi connectivity index (χ1) is 13.1. The fourth-order valence-corrected chi connectivity index (χ4v) is 2.79. The van der Waals surface area contributed by atoms with Gasteiger partial charge in [-0.3, -0.25) is 4.79 Å². The number of methoxy groups -OCH3 is 2. The maximum Gasteiger partial charge on any atom is 0.277 e. The molecule has 1 N–H and O–H groups in total. The molecule has 0 unspecified atom stereocenters. The largest absolute Gasteiger partial charge is 0.497 e. The van der Waals surface area contributed by atoms with Gasteiger partial charge >= 0.3 is 0 Å². The lowest BCUT2D eigenvalue weighted by atomic mass is 10.2. The van der Waals surface area contributed by atoms with E-state index in [9.17, 15) is 9.18 Å². The Kier molecular flexibility index (Phi) is 5.92. The highest BCUT2D eigenvalue weighted by molar-refractivity contribution is 7.99. The van der Waals surface area contributed by atoms with Crippen LogP contribution in [0.3, 0.4) is 0 Å². The molecule has 0 aliphatic carbocycles. The molecule has 0 saturated carbocycles. The van der Waals surface area contributed by atoms with Gasteiger partial charge in [-0.05, 0) is 24.3 Å². The lowest BCUT2D eigenvalue weighted by Crippen LogP contribution is -2.14. The second-order valence-corrected chi connectivity index (χ2v) is 6.18. The number of halogens is 1. The van der Waals surface area contributed by atoms with Crippen molar-refractivity contribution in [3.05, 3.63) is 48.3 Å². The van der Waals surface area contributed by atoms with E-state index in [1.54, 1.807) is 37.4 Å². The second-order valence-electron chi connectivity index (χ2n) is 5.26. The maximum atomic E-state index is 13.5. The Morgan fingerprint density at radius 1 is 1.19 bits per heavy atom. The van der Waals surface area contributed by atoms with Crippen molar-refractivity contribution >= 4 is 23.4 Å². The van der Waals surface area contributed by atoms with E-state index in [-0.39, 0.29) is 28.5 Å². The summed E-state index contributed by atoms with van der Waals surface area (Å²) in [6.07, 6.45) is 0. The highest BCUT2D eigenvalue weighted by Crippen LogP contribution is 2.33. The van der Waals surface area contributed by atoms with Gasteiger partial charge in [0.15, 0.2) is 0 Å². The molecule has 1 amide bonds. The fourth-order valence-electron chi connectivity index (χ4n) is 2.23. The maximum absolute atomic E-state index is 13.5. The van der Waals surface area contributed by atoms with E-state index >= 15 is 0 Å². The van der Waals surface area contributed by atoms with Crippen LogP contribution in [0.5, 0.6) is 11.5 Å². The van der Waals surface area contributed by atoms with Crippen molar-refractivity contribution < 1.29 is 23.1 Å². The zero-order valence-electron chi connectivity index (χ0n) is 14.6. The van der Waals surface area contributed by atoms with Crippen molar-refractivity contribution in [2.75, 3.05) is 25.3 Å². The van der Waals surface area contributed by atoms with E-state index in [1.165, 1.54) is 19.2 Å². The van der Waals surface area contributed by atoms with Crippen LogP contribution in [0.25, 0.3) is 11.5 Å². The summed E-state index contributed by atoms with van der Waals surface area (Å²) in [6, 6.07) is 11.1. The molecule has 0 atom stereocenters. The first-order valence-electron chi connectivity index (χ1n) is 7.84. The van der Waals surface area contributed by atoms with E-state index in [0.717, 1.165) is 11.8 Å². The molecule has 0 aliphatic heterocycles. The Bertz CT molecular complexity index is 948. The van der Waals surface area contributed by atoms with E-state index in [2.05, 4.69) is 15.5 Å². The van der Waals surface area contributed by atoms with Gasteiger partial charge < -0.3 is 19.2 Å². The average molecular weight is 389 g/mol. The summed E-state index contributed by atoms with van der Waals surface area (Å²) in [5.41, 5.74) is 0.728. The summed E-state index contributed by atoms with van der Waals surface area (Å²) < 4.78 is 29.6. The number of carbonyl (C=O) groups is 1. The van der Waals surface area contributed by atoms with Crippen molar-refractivity contribution in [2.24, 2.45) is 0 Å². The summed E-state index contributed by atoms with van der Waals surface area (Å²) in [6.45, 7) is 0. The quantitative estimate of drug-likeness (QED) is 0.618. The highest BCUT2D eigenvalue weighted by Gasteiger charge is 2.16. The van der Waals surface area contributed by atoms with Crippen molar-refractivity contribution in [1.29, 1.82) is 0 Å².